The summed E-state index contributed by atoms with van der Waals surface area (Å²) in [7, 11) is -4.85. The van der Waals surface area contributed by atoms with Crippen molar-refractivity contribution < 1.29 is 25.8 Å². The summed E-state index contributed by atoms with van der Waals surface area (Å²) in [6.07, 6.45) is 0. The standard InChI is InChI=1S/C42H50Si3.2CH3.Hf/c1-29(2)45(30(3)4,37-25-33-13-11-15-39(41(33)27-37)31-17-21-35(22-18-31)43(5,6)7)38-26-34-14-12-16-40(42(34)28-38)32-19-23-36(24-20-32)44(8,9)10;;;/h11-30H,1-10H3;2*1H3;/q-2;2*-1;+4. The number of fused-ring (bicyclic) bond motifs is 2. The van der Waals surface area contributed by atoms with Crippen LogP contribution >= 0.6 is 0 Å². The molecule has 0 unspecified atom stereocenters. The van der Waals surface area contributed by atoms with Gasteiger partial charge in [0.2, 0.25) is 0 Å². The van der Waals surface area contributed by atoms with Gasteiger partial charge in [-0.25, -0.2) is 0 Å². The van der Waals surface area contributed by atoms with Crippen molar-refractivity contribution in [2.24, 2.45) is 0 Å². The molecule has 4 heteroatoms. The van der Waals surface area contributed by atoms with E-state index in [9.17, 15) is 0 Å². The van der Waals surface area contributed by atoms with Crippen LogP contribution in [-0.2, 0) is 25.8 Å². The normalized spacial score (nSPS) is 12.2. The molecule has 48 heavy (non-hydrogen) atoms. The van der Waals surface area contributed by atoms with Crippen molar-refractivity contribution in [3.8, 4) is 22.3 Å². The van der Waals surface area contributed by atoms with Gasteiger partial charge >= 0.3 is 25.8 Å². The second-order valence-electron chi connectivity index (χ2n) is 15.9. The van der Waals surface area contributed by atoms with Gasteiger partial charge in [0.25, 0.3) is 0 Å². The quantitative estimate of drug-likeness (QED) is 0.106. The maximum absolute atomic E-state index is 2.58. The molecule has 0 aliphatic heterocycles. The first-order chi connectivity index (χ1) is 21.2. The largest absolute Gasteiger partial charge is 4.00 e. The van der Waals surface area contributed by atoms with Crippen LogP contribution in [0.5, 0.6) is 0 Å². The van der Waals surface area contributed by atoms with Crippen LogP contribution < -0.4 is 20.7 Å². The van der Waals surface area contributed by atoms with E-state index in [0.717, 1.165) is 0 Å². The molecule has 6 aromatic carbocycles. The van der Waals surface area contributed by atoms with Gasteiger partial charge in [0, 0.05) is 0 Å². The van der Waals surface area contributed by atoms with E-state index in [2.05, 4.69) is 176 Å². The molecule has 0 aromatic heterocycles. The third-order valence-electron chi connectivity index (χ3n) is 10.4. The second kappa shape index (κ2) is 14.8. The zero-order valence-electron chi connectivity index (χ0n) is 31.5. The Kier molecular flexibility index (Phi) is 12.4. The first-order valence-corrected chi connectivity index (χ1v) is 26.0. The molecule has 0 aliphatic carbocycles. The van der Waals surface area contributed by atoms with Gasteiger partial charge < -0.3 is 14.9 Å². The number of rotatable bonds is 8. The van der Waals surface area contributed by atoms with Gasteiger partial charge in [0.1, 0.15) is 0 Å². The minimum Gasteiger partial charge on any atom is -0.358 e. The Morgan fingerprint density at radius 2 is 0.812 bits per heavy atom. The van der Waals surface area contributed by atoms with Crippen LogP contribution in [0.4, 0.5) is 0 Å². The van der Waals surface area contributed by atoms with Crippen LogP contribution in [0, 0.1) is 14.9 Å². The fourth-order valence-electron chi connectivity index (χ4n) is 7.92. The van der Waals surface area contributed by atoms with Gasteiger partial charge in [-0.2, -0.15) is 12.1 Å². The van der Waals surface area contributed by atoms with Crippen LogP contribution in [0.25, 0.3) is 43.8 Å². The zero-order chi connectivity index (χ0) is 32.3. The molecule has 6 rings (SSSR count). The van der Waals surface area contributed by atoms with Crippen molar-refractivity contribution in [1.29, 1.82) is 0 Å². The molecular formula is C44H56HfSi3. The molecule has 0 amide bonds. The molecule has 0 saturated heterocycles. The predicted molar refractivity (Wildman–Crippen MR) is 224 cm³/mol. The van der Waals surface area contributed by atoms with Crippen molar-refractivity contribution in [2.75, 3.05) is 0 Å². The Balaban J connectivity index is 0.00000208. The summed E-state index contributed by atoms with van der Waals surface area (Å²) < 4.78 is 0. The van der Waals surface area contributed by atoms with E-state index in [0.29, 0.717) is 11.1 Å². The van der Waals surface area contributed by atoms with E-state index in [1.807, 2.05) is 0 Å². The minimum absolute atomic E-state index is 0. The monoisotopic (exact) mass is 848 g/mol. The zero-order valence-corrected chi connectivity index (χ0v) is 38.1. The predicted octanol–water partition coefficient (Wildman–Crippen LogP) is 11.1. The Morgan fingerprint density at radius 1 is 0.479 bits per heavy atom. The van der Waals surface area contributed by atoms with Crippen LogP contribution in [0.3, 0.4) is 0 Å². The summed E-state index contributed by atoms with van der Waals surface area (Å²) in [6.45, 7) is 24.5. The summed E-state index contributed by atoms with van der Waals surface area (Å²) in [5, 5.41) is 11.7. The van der Waals surface area contributed by atoms with Crippen LogP contribution in [0.2, 0.25) is 50.4 Å². The van der Waals surface area contributed by atoms with Crippen molar-refractivity contribution in [3.05, 3.63) is 124 Å². The molecule has 0 N–H and O–H groups in total. The average Bonchev–Trinajstić information content (AvgIpc) is 3.61. The third-order valence-corrected chi connectivity index (χ3v) is 20.7. The second-order valence-corrected chi connectivity index (χ2v) is 31.3. The van der Waals surface area contributed by atoms with E-state index < -0.39 is 24.2 Å². The fourth-order valence-corrected chi connectivity index (χ4v) is 16.1. The molecule has 0 heterocycles. The molecule has 6 aromatic rings. The molecule has 0 nitrogen and oxygen atoms in total. The minimum atomic E-state index is -2.17. The molecule has 0 atom stereocenters. The third kappa shape index (κ3) is 7.10. The van der Waals surface area contributed by atoms with Gasteiger partial charge in [-0.05, 0) is 22.2 Å². The van der Waals surface area contributed by atoms with Crippen molar-refractivity contribution in [2.45, 2.75) is 78.1 Å². The van der Waals surface area contributed by atoms with E-state index >= 15 is 0 Å². The summed E-state index contributed by atoms with van der Waals surface area (Å²) in [5.41, 5.74) is 6.48. The summed E-state index contributed by atoms with van der Waals surface area (Å²) in [6, 6.07) is 42.9. The molecule has 0 radical (unpaired) electrons. The number of hydrogen-bond acceptors (Lipinski definition) is 0. The summed E-state index contributed by atoms with van der Waals surface area (Å²) in [4.78, 5) is 0. The van der Waals surface area contributed by atoms with Gasteiger partial charge in [-0.3, -0.25) is 0 Å². The molecule has 0 spiro atoms. The van der Waals surface area contributed by atoms with Gasteiger partial charge in [-0.1, -0.05) is 149 Å². The van der Waals surface area contributed by atoms with Crippen molar-refractivity contribution >= 4 is 66.5 Å². The fraction of sp³-hybridized carbons (Fsp3) is 0.273. The SMILES string of the molecule is CC(C)[Si](c1cc2c(-c3ccc([Si](C)(C)C)cc3)cccc2[cH-]1)(c1cc2c(-c3ccc([Si](C)(C)C)cc3)cccc2[cH-]1)C(C)C.[CH3-].[CH3-].[Hf+4]. The van der Waals surface area contributed by atoms with Crippen molar-refractivity contribution in [1.82, 2.24) is 0 Å². The molecule has 248 valence electrons. The first-order valence-electron chi connectivity index (χ1n) is 16.8. The van der Waals surface area contributed by atoms with E-state index in [-0.39, 0.29) is 40.7 Å². The van der Waals surface area contributed by atoms with Gasteiger partial charge in [0.05, 0.1) is 24.2 Å². The van der Waals surface area contributed by atoms with Gasteiger partial charge in [0.15, 0.2) is 0 Å². The summed E-state index contributed by atoms with van der Waals surface area (Å²) in [5.74, 6) is 0. The molecule has 0 saturated carbocycles. The topological polar surface area (TPSA) is 0 Å². The molecule has 0 fully saturated rings. The average molecular weight is 848 g/mol. The van der Waals surface area contributed by atoms with E-state index in [1.54, 1.807) is 10.4 Å². The smallest absolute Gasteiger partial charge is 0.358 e. The Morgan fingerprint density at radius 3 is 1.10 bits per heavy atom. The maximum atomic E-state index is 2.58. The van der Waals surface area contributed by atoms with Gasteiger partial charge in [-0.15, -0.1) is 68.3 Å². The Bertz CT molecular complexity index is 1810. The summed E-state index contributed by atoms with van der Waals surface area (Å²) >= 11 is 0. The molecular weight excluding hydrogens is 791 g/mol. The van der Waals surface area contributed by atoms with Crippen LogP contribution in [-0.4, -0.2) is 24.2 Å². The maximum Gasteiger partial charge on any atom is 4.00 e. The number of benzene rings is 4. The Labute approximate surface area is 314 Å². The molecule has 0 bridgehead atoms. The van der Waals surface area contributed by atoms with E-state index in [4.69, 9.17) is 0 Å². The van der Waals surface area contributed by atoms with E-state index in [1.165, 1.54) is 54.2 Å². The number of hydrogen-bond donors (Lipinski definition) is 0. The van der Waals surface area contributed by atoms with Crippen LogP contribution in [0.1, 0.15) is 27.7 Å². The molecule has 0 aliphatic rings. The van der Waals surface area contributed by atoms with Crippen LogP contribution in [0.15, 0.2) is 109 Å². The van der Waals surface area contributed by atoms with Crippen molar-refractivity contribution in [3.63, 3.8) is 0 Å². The first kappa shape index (κ1) is 40.1. The Hall–Kier alpha value is -2.38.